The van der Waals surface area contributed by atoms with Crippen LogP contribution in [0, 0.1) is 26.6 Å². The predicted octanol–water partition coefficient (Wildman–Crippen LogP) is 6.44. The van der Waals surface area contributed by atoms with Crippen molar-refractivity contribution in [1.82, 2.24) is 9.88 Å². The summed E-state index contributed by atoms with van der Waals surface area (Å²) in [7, 11) is 0. The van der Waals surface area contributed by atoms with Crippen molar-refractivity contribution in [1.29, 1.82) is 0 Å². The Morgan fingerprint density at radius 3 is 2.32 bits per heavy atom. The Balaban J connectivity index is 1.59. The van der Waals surface area contributed by atoms with Crippen molar-refractivity contribution in [3.8, 4) is 17.2 Å². The number of rotatable bonds is 10. The third-order valence-electron chi connectivity index (χ3n) is 6.12. The first kappa shape index (κ1) is 26.2. The molecule has 1 N–H and O–H groups in total. The second kappa shape index (κ2) is 10.6. The first-order valence-electron chi connectivity index (χ1n) is 12.0. The molecule has 2 aromatic carbocycles. The van der Waals surface area contributed by atoms with Crippen LogP contribution < -0.4 is 4.74 Å². The van der Waals surface area contributed by atoms with Gasteiger partial charge in [-0.1, -0.05) is 12.1 Å². The summed E-state index contributed by atoms with van der Waals surface area (Å²) in [6, 6.07) is 13.8. The standard InChI is InChI=1S/C29H31FN2O5/c1-18-13-21(14-19(2)26(18)37-29(4,5)28(33)34)15-32(16-24-7-6-12-35-24)17-25-20(3)36-27(31-25)22-8-10-23(30)11-9-22/h6-14H,15-17H2,1-5H3,(H,33,34). The molecule has 0 aliphatic rings. The van der Waals surface area contributed by atoms with Gasteiger partial charge in [0.1, 0.15) is 23.1 Å². The fourth-order valence-electron chi connectivity index (χ4n) is 4.14. The number of benzene rings is 2. The Morgan fingerprint density at radius 2 is 1.73 bits per heavy atom. The predicted molar refractivity (Wildman–Crippen MR) is 137 cm³/mol. The molecule has 0 radical (unpaired) electrons. The molecule has 0 amide bonds. The zero-order valence-electron chi connectivity index (χ0n) is 21.7. The summed E-state index contributed by atoms with van der Waals surface area (Å²) in [5.74, 6) is 1.19. The molecule has 2 heterocycles. The van der Waals surface area contributed by atoms with Crippen LogP contribution in [0.15, 0.2) is 63.6 Å². The molecule has 0 aliphatic heterocycles. The van der Waals surface area contributed by atoms with Crippen LogP contribution in [0.3, 0.4) is 0 Å². The van der Waals surface area contributed by atoms with Gasteiger partial charge in [0.2, 0.25) is 5.89 Å². The van der Waals surface area contributed by atoms with E-state index in [0.29, 0.717) is 42.6 Å². The molecule has 0 saturated carbocycles. The van der Waals surface area contributed by atoms with Gasteiger partial charge in [0.05, 0.1) is 18.5 Å². The zero-order chi connectivity index (χ0) is 26.7. The number of halogens is 1. The topological polar surface area (TPSA) is 88.9 Å². The van der Waals surface area contributed by atoms with Crippen LogP contribution in [0.4, 0.5) is 4.39 Å². The number of hydrogen-bond acceptors (Lipinski definition) is 6. The largest absolute Gasteiger partial charge is 0.478 e. The van der Waals surface area contributed by atoms with Crippen LogP contribution in [0.5, 0.6) is 5.75 Å². The van der Waals surface area contributed by atoms with Gasteiger partial charge in [0, 0.05) is 18.7 Å². The highest BCUT2D eigenvalue weighted by Crippen LogP contribution is 2.30. The Kier molecular flexibility index (Phi) is 7.50. The zero-order valence-corrected chi connectivity index (χ0v) is 21.7. The second-order valence-electron chi connectivity index (χ2n) is 9.73. The normalized spacial score (nSPS) is 11.8. The number of ether oxygens (including phenoxy) is 1. The van der Waals surface area contributed by atoms with Gasteiger partial charge in [-0.2, -0.15) is 0 Å². The quantitative estimate of drug-likeness (QED) is 0.265. The molecule has 4 aromatic rings. The number of hydrogen-bond donors (Lipinski definition) is 1. The van der Waals surface area contributed by atoms with Crippen molar-refractivity contribution in [3.05, 3.63) is 94.5 Å². The fraction of sp³-hybridized carbons (Fsp3) is 0.310. The molecule has 0 fully saturated rings. The van der Waals surface area contributed by atoms with Crippen LogP contribution in [-0.4, -0.2) is 26.6 Å². The molecule has 0 atom stereocenters. The summed E-state index contributed by atoms with van der Waals surface area (Å²) in [6.07, 6.45) is 1.64. The maximum atomic E-state index is 13.3. The number of nitrogens with zero attached hydrogens (tertiary/aromatic N) is 2. The average molecular weight is 507 g/mol. The lowest BCUT2D eigenvalue weighted by Gasteiger charge is -2.25. The van der Waals surface area contributed by atoms with Crippen LogP contribution in [-0.2, 0) is 24.4 Å². The highest BCUT2D eigenvalue weighted by molar-refractivity contribution is 5.77. The van der Waals surface area contributed by atoms with Gasteiger partial charge in [0.15, 0.2) is 5.60 Å². The number of aryl methyl sites for hydroxylation is 3. The van der Waals surface area contributed by atoms with Gasteiger partial charge in [0.25, 0.3) is 0 Å². The second-order valence-corrected chi connectivity index (χ2v) is 9.73. The van der Waals surface area contributed by atoms with Gasteiger partial charge in [-0.15, -0.1) is 0 Å². The van der Waals surface area contributed by atoms with E-state index in [1.165, 1.54) is 26.0 Å². The highest BCUT2D eigenvalue weighted by Gasteiger charge is 2.30. The van der Waals surface area contributed by atoms with E-state index in [0.717, 1.165) is 28.1 Å². The lowest BCUT2D eigenvalue weighted by atomic mass is 10.0. The van der Waals surface area contributed by atoms with E-state index in [1.54, 1.807) is 18.4 Å². The van der Waals surface area contributed by atoms with E-state index in [1.807, 2.05) is 45.0 Å². The first-order valence-corrected chi connectivity index (χ1v) is 12.0. The van der Waals surface area contributed by atoms with E-state index in [4.69, 9.17) is 13.6 Å². The average Bonchev–Trinajstić information content (AvgIpc) is 3.46. The lowest BCUT2D eigenvalue weighted by Crippen LogP contribution is -2.38. The van der Waals surface area contributed by atoms with E-state index in [9.17, 15) is 14.3 Å². The van der Waals surface area contributed by atoms with Crippen molar-refractivity contribution in [2.75, 3.05) is 0 Å². The Bertz CT molecular complexity index is 1350. The van der Waals surface area contributed by atoms with E-state index in [2.05, 4.69) is 9.88 Å². The smallest absolute Gasteiger partial charge is 0.347 e. The molecule has 0 bridgehead atoms. The molecular weight excluding hydrogens is 475 g/mol. The number of carboxylic acid groups (broad SMARTS) is 1. The third-order valence-corrected chi connectivity index (χ3v) is 6.12. The van der Waals surface area contributed by atoms with Gasteiger partial charge in [-0.05, 0) is 87.7 Å². The van der Waals surface area contributed by atoms with Crippen molar-refractivity contribution < 1.29 is 27.9 Å². The number of carboxylic acids is 1. The van der Waals surface area contributed by atoms with Crippen molar-refractivity contribution >= 4 is 5.97 Å². The SMILES string of the molecule is Cc1cc(CN(Cc2ccco2)Cc2nc(-c3ccc(F)cc3)oc2C)cc(C)c1OC(C)(C)C(=O)O. The van der Waals surface area contributed by atoms with Crippen LogP contribution in [0.25, 0.3) is 11.5 Å². The number of furan rings is 1. The Hall–Kier alpha value is -3.91. The van der Waals surface area contributed by atoms with Crippen LogP contribution in [0.1, 0.15) is 47.8 Å². The summed E-state index contributed by atoms with van der Waals surface area (Å²) in [6.45, 7) is 10.4. The van der Waals surface area contributed by atoms with Crippen molar-refractivity contribution in [2.45, 2.75) is 59.9 Å². The number of aliphatic carboxylic acids is 1. The summed E-state index contributed by atoms with van der Waals surface area (Å²) < 4.78 is 30.7. The molecule has 0 spiro atoms. The minimum Gasteiger partial charge on any atom is -0.478 e. The molecule has 194 valence electrons. The Labute approximate surface area is 215 Å². The van der Waals surface area contributed by atoms with Gasteiger partial charge < -0.3 is 18.7 Å². The van der Waals surface area contributed by atoms with E-state index < -0.39 is 11.6 Å². The molecule has 37 heavy (non-hydrogen) atoms. The maximum Gasteiger partial charge on any atom is 0.347 e. The summed E-state index contributed by atoms with van der Waals surface area (Å²) in [4.78, 5) is 18.4. The molecule has 2 aromatic heterocycles. The minimum absolute atomic E-state index is 0.314. The number of aromatic nitrogens is 1. The number of carbonyl (C=O) groups is 1. The maximum absolute atomic E-state index is 13.3. The van der Waals surface area contributed by atoms with Gasteiger partial charge in [-0.25, -0.2) is 14.2 Å². The van der Waals surface area contributed by atoms with Crippen LogP contribution in [0.2, 0.25) is 0 Å². The van der Waals surface area contributed by atoms with E-state index >= 15 is 0 Å². The van der Waals surface area contributed by atoms with E-state index in [-0.39, 0.29) is 5.82 Å². The van der Waals surface area contributed by atoms with Crippen LogP contribution >= 0.6 is 0 Å². The monoisotopic (exact) mass is 506 g/mol. The van der Waals surface area contributed by atoms with Crippen molar-refractivity contribution in [2.24, 2.45) is 0 Å². The van der Waals surface area contributed by atoms with Gasteiger partial charge >= 0.3 is 5.97 Å². The van der Waals surface area contributed by atoms with Gasteiger partial charge in [-0.3, -0.25) is 4.90 Å². The molecular formula is C29H31FN2O5. The van der Waals surface area contributed by atoms with Crippen molar-refractivity contribution in [3.63, 3.8) is 0 Å². The Morgan fingerprint density at radius 1 is 1.05 bits per heavy atom. The third kappa shape index (κ3) is 6.27. The molecule has 0 unspecified atom stereocenters. The fourth-order valence-corrected chi connectivity index (χ4v) is 4.14. The molecule has 0 saturated heterocycles. The molecule has 4 rings (SSSR count). The minimum atomic E-state index is -1.34. The summed E-state index contributed by atoms with van der Waals surface area (Å²) in [5.41, 5.74) is 2.91. The lowest BCUT2D eigenvalue weighted by molar-refractivity contribution is -0.152. The highest BCUT2D eigenvalue weighted by atomic mass is 19.1. The summed E-state index contributed by atoms with van der Waals surface area (Å²) in [5, 5.41) is 9.46. The molecule has 7 nitrogen and oxygen atoms in total. The first-order chi connectivity index (χ1) is 17.5. The molecule has 0 aliphatic carbocycles. The number of oxazole rings is 1. The molecule has 8 heteroatoms. The summed E-state index contributed by atoms with van der Waals surface area (Å²) >= 11 is 0.